The molecule has 0 radical (unpaired) electrons. The van der Waals surface area contributed by atoms with Gasteiger partial charge in [0, 0.05) is 22.9 Å². The molecule has 1 heterocycles. The van der Waals surface area contributed by atoms with Crippen LogP contribution in [0.3, 0.4) is 0 Å². The fourth-order valence-corrected chi connectivity index (χ4v) is 3.68. The number of carbonyl (C=O) groups excluding carboxylic acids is 1. The first kappa shape index (κ1) is 14.0. The van der Waals surface area contributed by atoms with Crippen molar-refractivity contribution >= 4 is 17.5 Å². The van der Waals surface area contributed by atoms with Gasteiger partial charge in [-0.2, -0.15) is 0 Å². The lowest BCUT2D eigenvalue weighted by atomic mass is 10.0. The summed E-state index contributed by atoms with van der Waals surface area (Å²) in [6, 6.07) is 11.6. The molecule has 0 fully saturated rings. The number of carbonyl (C=O) groups is 1. The lowest BCUT2D eigenvalue weighted by Gasteiger charge is -2.19. The Morgan fingerprint density at radius 2 is 1.86 bits per heavy atom. The van der Waals surface area contributed by atoms with Gasteiger partial charge in [0.1, 0.15) is 11.5 Å². The molecule has 3 rings (SSSR count). The highest BCUT2D eigenvalue weighted by molar-refractivity contribution is 7.99. The zero-order valence-corrected chi connectivity index (χ0v) is 12.8. The Balaban J connectivity index is 2.15. The predicted octanol–water partition coefficient (Wildman–Crippen LogP) is 3.98. The summed E-state index contributed by atoms with van der Waals surface area (Å²) in [5.74, 6) is 1.73. The van der Waals surface area contributed by atoms with E-state index in [1.807, 2.05) is 36.4 Å². The van der Waals surface area contributed by atoms with Crippen LogP contribution in [-0.4, -0.2) is 20.0 Å². The van der Waals surface area contributed by atoms with Crippen LogP contribution in [0.25, 0.3) is 0 Å². The zero-order valence-electron chi connectivity index (χ0n) is 12.0. The molecule has 0 amide bonds. The third-order valence-electron chi connectivity index (χ3n) is 3.58. The van der Waals surface area contributed by atoms with Crippen molar-refractivity contribution in [1.82, 2.24) is 0 Å². The number of ether oxygens (including phenoxy) is 2. The smallest absolute Gasteiger partial charge is 0.164 e. The molecule has 0 saturated heterocycles. The molecule has 4 heteroatoms. The Kier molecular flexibility index (Phi) is 3.88. The van der Waals surface area contributed by atoms with E-state index in [2.05, 4.69) is 0 Å². The van der Waals surface area contributed by atoms with E-state index in [0.29, 0.717) is 12.8 Å². The Morgan fingerprint density at radius 1 is 1.05 bits per heavy atom. The molecule has 0 spiro atoms. The van der Waals surface area contributed by atoms with Crippen molar-refractivity contribution < 1.29 is 14.3 Å². The van der Waals surface area contributed by atoms with E-state index >= 15 is 0 Å². The third-order valence-corrected chi connectivity index (χ3v) is 4.83. The van der Waals surface area contributed by atoms with E-state index in [1.54, 1.807) is 26.0 Å². The first-order chi connectivity index (χ1) is 10.2. The molecular weight excluding hydrogens is 284 g/mol. The van der Waals surface area contributed by atoms with Gasteiger partial charge in [-0.1, -0.05) is 30.0 Å². The normalized spacial score (nSPS) is 13.7. The number of benzene rings is 2. The monoisotopic (exact) mass is 300 g/mol. The highest BCUT2D eigenvalue weighted by atomic mass is 32.2. The van der Waals surface area contributed by atoms with Crippen molar-refractivity contribution in [2.45, 2.75) is 22.6 Å². The molecule has 0 atom stereocenters. The second-order valence-corrected chi connectivity index (χ2v) is 5.89. The molecule has 0 aromatic heterocycles. The van der Waals surface area contributed by atoms with Crippen LogP contribution in [-0.2, 0) is 6.42 Å². The summed E-state index contributed by atoms with van der Waals surface area (Å²) in [5.41, 5.74) is 1.89. The fraction of sp³-hybridized carbons (Fsp3) is 0.235. The van der Waals surface area contributed by atoms with Crippen molar-refractivity contribution in [2.75, 3.05) is 14.2 Å². The zero-order chi connectivity index (χ0) is 14.8. The molecule has 0 bridgehead atoms. The number of hydrogen-bond donors (Lipinski definition) is 0. The highest BCUT2D eigenvalue weighted by Crippen LogP contribution is 2.43. The summed E-state index contributed by atoms with van der Waals surface area (Å²) in [7, 11) is 3.29. The molecule has 1 aliphatic heterocycles. The highest BCUT2D eigenvalue weighted by Gasteiger charge is 2.21. The number of hydrogen-bond acceptors (Lipinski definition) is 4. The van der Waals surface area contributed by atoms with Gasteiger partial charge >= 0.3 is 0 Å². The summed E-state index contributed by atoms with van der Waals surface area (Å²) in [6.45, 7) is 0. The van der Waals surface area contributed by atoms with Crippen LogP contribution in [0, 0.1) is 0 Å². The largest absolute Gasteiger partial charge is 0.497 e. The van der Waals surface area contributed by atoms with Crippen LogP contribution in [0.4, 0.5) is 0 Å². The second kappa shape index (κ2) is 5.82. The number of ketones is 1. The van der Waals surface area contributed by atoms with E-state index in [-0.39, 0.29) is 5.78 Å². The molecule has 0 N–H and O–H groups in total. The molecule has 0 unspecified atom stereocenters. The van der Waals surface area contributed by atoms with Gasteiger partial charge in [-0.15, -0.1) is 0 Å². The lowest BCUT2D eigenvalue weighted by molar-refractivity contribution is 0.0979. The number of Topliss-reactive ketones (excluding diaryl/α,β-unsaturated/α-hetero) is 1. The maximum Gasteiger partial charge on any atom is 0.164 e. The van der Waals surface area contributed by atoms with Crippen LogP contribution in [0.1, 0.15) is 22.3 Å². The average molecular weight is 300 g/mol. The van der Waals surface area contributed by atoms with Crippen LogP contribution < -0.4 is 9.47 Å². The molecule has 2 aromatic carbocycles. The number of methoxy groups -OCH3 is 2. The molecule has 0 aliphatic carbocycles. The summed E-state index contributed by atoms with van der Waals surface area (Å²) < 4.78 is 10.8. The van der Waals surface area contributed by atoms with Gasteiger partial charge < -0.3 is 9.47 Å². The Morgan fingerprint density at radius 3 is 2.62 bits per heavy atom. The minimum atomic E-state index is 0.186. The second-order valence-electron chi connectivity index (χ2n) is 4.84. The van der Waals surface area contributed by atoms with Crippen LogP contribution in [0.5, 0.6) is 11.5 Å². The van der Waals surface area contributed by atoms with Gasteiger partial charge in [0.05, 0.1) is 19.1 Å². The van der Waals surface area contributed by atoms with Gasteiger partial charge in [0.25, 0.3) is 0 Å². The lowest BCUT2D eigenvalue weighted by Crippen LogP contribution is -2.07. The average Bonchev–Trinajstić information content (AvgIpc) is 2.52. The SMILES string of the molecule is COc1cc2c(c(OC)c1)Sc1ccccc1C(=O)CC2. The molecule has 108 valence electrons. The maximum atomic E-state index is 12.3. The minimum absolute atomic E-state index is 0.186. The van der Waals surface area contributed by atoms with Gasteiger partial charge in [-0.05, 0) is 24.1 Å². The molecule has 21 heavy (non-hydrogen) atoms. The maximum absolute atomic E-state index is 12.3. The number of rotatable bonds is 2. The topological polar surface area (TPSA) is 35.5 Å². The number of aryl methyl sites for hydroxylation is 1. The summed E-state index contributed by atoms with van der Waals surface area (Å²) >= 11 is 1.59. The van der Waals surface area contributed by atoms with E-state index < -0.39 is 0 Å². The van der Waals surface area contributed by atoms with E-state index in [0.717, 1.165) is 32.4 Å². The quantitative estimate of drug-likeness (QED) is 0.840. The fourth-order valence-electron chi connectivity index (χ4n) is 2.48. The van der Waals surface area contributed by atoms with Crippen molar-refractivity contribution in [2.24, 2.45) is 0 Å². The first-order valence-electron chi connectivity index (χ1n) is 6.78. The van der Waals surface area contributed by atoms with Gasteiger partial charge in [-0.25, -0.2) is 0 Å². The van der Waals surface area contributed by atoms with Gasteiger partial charge in [0.2, 0.25) is 0 Å². The van der Waals surface area contributed by atoms with Gasteiger partial charge in [-0.3, -0.25) is 4.79 Å². The molecular formula is C17H16O3S. The van der Waals surface area contributed by atoms with E-state index in [1.165, 1.54) is 0 Å². The Hall–Kier alpha value is -1.94. The first-order valence-corrected chi connectivity index (χ1v) is 7.59. The van der Waals surface area contributed by atoms with Crippen molar-refractivity contribution in [3.8, 4) is 11.5 Å². The van der Waals surface area contributed by atoms with Crippen LogP contribution >= 0.6 is 11.8 Å². The number of fused-ring (bicyclic) bond motifs is 2. The Bertz CT molecular complexity index is 694. The minimum Gasteiger partial charge on any atom is -0.497 e. The molecule has 3 nitrogen and oxygen atoms in total. The van der Waals surface area contributed by atoms with Crippen molar-refractivity contribution in [3.05, 3.63) is 47.5 Å². The van der Waals surface area contributed by atoms with Gasteiger partial charge in [0.15, 0.2) is 5.78 Å². The molecule has 2 aromatic rings. The van der Waals surface area contributed by atoms with E-state index in [9.17, 15) is 4.79 Å². The van der Waals surface area contributed by atoms with E-state index in [4.69, 9.17) is 9.47 Å². The molecule has 0 saturated carbocycles. The van der Waals surface area contributed by atoms with Crippen molar-refractivity contribution in [1.29, 1.82) is 0 Å². The van der Waals surface area contributed by atoms with Crippen LogP contribution in [0.2, 0.25) is 0 Å². The predicted molar refractivity (Wildman–Crippen MR) is 82.8 cm³/mol. The summed E-state index contributed by atoms with van der Waals surface area (Å²) in [5, 5.41) is 0. The van der Waals surface area contributed by atoms with Crippen molar-refractivity contribution in [3.63, 3.8) is 0 Å². The summed E-state index contributed by atoms with van der Waals surface area (Å²) in [6.07, 6.45) is 1.20. The summed E-state index contributed by atoms with van der Waals surface area (Å²) in [4.78, 5) is 14.3. The Labute approximate surface area is 128 Å². The third kappa shape index (κ3) is 2.63. The standard InChI is InChI=1S/C17H16O3S/c1-19-12-9-11-7-8-14(18)13-5-3-4-6-16(13)21-17(11)15(10-12)20-2/h3-6,9-10H,7-8H2,1-2H3. The molecule has 1 aliphatic rings. The van der Waals surface area contributed by atoms with Crippen LogP contribution in [0.15, 0.2) is 46.2 Å².